The van der Waals surface area contributed by atoms with Gasteiger partial charge in [0.05, 0.1) is 5.56 Å². The SMILES string of the molecule is CCC(=O)c1c(-c2ccc(F)cc2)oc2ccc(-c3cc(C(=O)CC4(c5ncccn5)CC4)ccc3C)cc12. The number of nitrogens with zero attached hydrogens (tertiary/aromatic N) is 2. The number of carbonyl (C=O) groups is 2. The molecule has 1 fully saturated rings. The van der Waals surface area contributed by atoms with E-state index >= 15 is 0 Å². The maximum absolute atomic E-state index is 13.6. The van der Waals surface area contributed by atoms with Crippen molar-refractivity contribution in [1.82, 2.24) is 9.97 Å². The topological polar surface area (TPSA) is 73.1 Å². The second kappa shape index (κ2) is 9.70. The van der Waals surface area contributed by atoms with Gasteiger partial charge in [0.25, 0.3) is 0 Å². The molecule has 39 heavy (non-hydrogen) atoms. The van der Waals surface area contributed by atoms with E-state index in [0.29, 0.717) is 46.3 Å². The molecule has 0 saturated heterocycles. The van der Waals surface area contributed by atoms with Gasteiger partial charge in [-0.2, -0.15) is 0 Å². The Morgan fingerprint density at radius 1 is 0.923 bits per heavy atom. The first-order valence-corrected chi connectivity index (χ1v) is 13.2. The van der Waals surface area contributed by atoms with Gasteiger partial charge in [0.1, 0.15) is 23.0 Å². The molecule has 5 nitrogen and oxygen atoms in total. The van der Waals surface area contributed by atoms with E-state index in [0.717, 1.165) is 35.4 Å². The van der Waals surface area contributed by atoms with Gasteiger partial charge in [-0.05, 0) is 85.0 Å². The molecule has 6 heteroatoms. The maximum atomic E-state index is 13.6. The Kier molecular flexibility index (Phi) is 6.18. The van der Waals surface area contributed by atoms with Crippen molar-refractivity contribution in [3.05, 3.63) is 107 Å². The number of aryl methyl sites for hydroxylation is 1. The number of aromatic nitrogens is 2. The van der Waals surface area contributed by atoms with Crippen molar-refractivity contribution in [2.75, 3.05) is 0 Å². The molecule has 0 unspecified atom stereocenters. The summed E-state index contributed by atoms with van der Waals surface area (Å²) < 4.78 is 19.7. The molecule has 5 aromatic rings. The van der Waals surface area contributed by atoms with Crippen molar-refractivity contribution in [2.45, 2.75) is 44.9 Å². The van der Waals surface area contributed by atoms with E-state index in [-0.39, 0.29) is 22.8 Å². The van der Waals surface area contributed by atoms with Gasteiger partial charge >= 0.3 is 0 Å². The lowest BCUT2D eigenvalue weighted by Gasteiger charge is -2.14. The lowest BCUT2D eigenvalue weighted by Crippen LogP contribution is -2.16. The van der Waals surface area contributed by atoms with Crippen molar-refractivity contribution >= 4 is 22.5 Å². The Hall–Kier alpha value is -4.45. The number of hydrogen-bond acceptors (Lipinski definition) is 5. The normalized spacial score (nSPS) is 13.9. The molecule has 1 saturated carbocycles. The number of hydrogen-bond donors (Lipinski definition) is 0. The van der Waals surface area contributed by atoms with Crippen LogP contribution in [0.15, 0.2) is 83.5 Å². The van der Waals surface area contributed by atoms with Crippen LogP contribution < -0.4 is 0 Å². The van der Waals surface area contributed by atoms with E-state index in [2.05, 4.69) is 9.97 Å². The molecule has 1 aliphatic carbocycles. The number of furan rings is 1. The third-order valence-corrected chi connectivity index (χ3v) is 7.66. The van der Waals surface area contributed by atoms with Crippen molar-refractivity contribution in [3.8, 4) is 22.5 Å². The molecule has 0 atom stereocenters. The summed E-state index contributed by atoms with van der Waals surface area (Å²) in [6.07, 6.45) is 5.94. The predicted octanol–water partition coefficient (Wildman–Crippen LogP) is 7.90. The standard InChI is InChI=1S/C33H27FN2O3/c1-3-27(37)30-26-17-22(9-12-29(26)39-31(30)21-7-10-24(34)11-8-21)25-18-23(6-5-20(25)2)28(38)19-33(13-14-33)32-35-15-4-16-36-32/h4-12,15-18H,3,13-14,19H2,1-2H3. The van der Waals surface area contributed by atoms with Crippen LogP contribution in [-0.4, -0.2) is 21.5 Å². The lowest BCUT2D eigenvalue weighted by atomic mass is 9.91. The Labute approximate surface area is 225 Å². The summed E-state index contributed by atoms with van der Waals surface area (Å²) >= 11 is 0. The van der Waals surface area contributed by atoms with Crippen LogP contribution in [0.4, 0.5) is 4.39 Å². The van der Waals surface area contributed by atoms with Crippen molar-refractivity contribution in [2.24, 2.45) is 0 Å². The van der Waals surface area contributed by atoms with Crippen molar-refractivity contribution in [3.63, 3.8) is 0 Å². The summed E-state index contributed by atoms with van der Waals surface area (Å²) in [5, 5.41) is 0.702. The van der Waals surface area contributed by atoms with Crippen LogP contribution in [-0.2, 0) is 5.41 Å². The van der Waals surface area contributed by atoms with Gasteiger partial charge in [-0.15, -0.1) is 0 Å². The van der Waals surface area contributed by atoms with Gasteiger partial charge in [0.2, 0.25) is 0 Å². The van der Waals surface area contributed by atoms with E-state index < -0.39 is 0 Å². The number of rotatable bonds is 8. The molecular weight excluding hydrogens is 491 g/mol. The zero-order chi connectivity index (χ0) is 27.1. The highest BCUT2D eigenvalue weighted by Crippen LogP contribution is 2.50. The summed E-state index contributed by atoms with van der Waals surface area (Å²) in [5.41, 5.74) is 4.91. The molecule has 6 rings (SSSR count). The van der Waals surface area contributed by atoms with Crippen LogP contribution in [0.5, 0.6) is 0 Å². The van der Waals surface area contributed by atoms with E-state index in [4.69, 9.17) is 4.42 Å². The summed E-state index contributed by atoms with van der Waals surface area (Å²) in [7, 11) is 0. The van der Waals surface area contributed by atoms with Crippen LogP contribution in [0.1, 0.15) is 64.7 Å². The molecule has 0 N–H and O–H groups in total. The molecule has 2 heterocycles. The average molecular weight is 519 g/mol. The second-order valence-electron chi connectivity index (χ2n) is 10.3. The zero-order valence-electron chi connectivity index (χ0n) is 21.8. The van der Waals surface area contributed by atoms with Crippen LogP contribution in [0.3, 0.4) is 0 Å². The number of halogens is 1. The molecular formula is C33H27FN2O3. The Balaban J connectivity index is 1.39. The number of fused-ring (bicyclic) bond motifs is 1. The van der Waals surface area contributed by atoms with Gasteiger partial charge in [-0.25, -0.2) is 14.4 Å². The first kappa shape index (κ1) is 24.9. The third-order valence-electron chi connectivity index (χ3n) is 7.66. The summed E-state index contributed by atoms with van der Waals surface area (Å²) in [6, 6.07) is 19.2. The van der Waals surface area contributed by atoms with Crippen LogP contribution >= 0.6 is 0 Å². The fourth-order valence-corrected chi connectivity index (χ4v) is 5.24. The van der Waals surface area contributed by atoms with Crippen molar-refractivity contribution < 1.29 is 18.4 Å². The molecule has 0 radical (unpaired) electrons. The molecule has 2 aromatic heterocycles. The minimum atomic E-state index is -0.352. The van der Waals surface area contributed by atoms with Gasteiger partial charge in [-0.1, -0.05) is 25.1 Å². The fraction of sp³-hybridized carbons (Fsp3) is 0.212. The van der Waals surface area contributed by atoms with Crippen LogP contribution in [0.25, 0.3) is 33.4 Å². The molecule has 194 valence electrons. The van der Waals surface area contributed by atoms with E-state index in [1.807, 2.05) is 50.2 Å². The Bertz CT molecular complexity index is 1720. The van der Waals surface area contributed by atoms with E-state index in [9.17, 15) is 14.0 Å². The first-order valence-electron chi connectivity index (χ1n) is 13.2. The zero-order valence-corrected chi connectivity index (χ0v) is 21.8. The minimum absolute atomic E-state index is 0.0521. The van der Waals surface area contributed by atoms with E-state index in [1.165, 1.54) is 12.1 Å². The summed E-state index contributed by atoms with van der Waals surface area (Å²) in [6.45, 7) is 3.82. The molecule has 0 aliphatic heterocycles. The van der Waals surface area contributed by atoms with Crippen molar-refractivity contribution in [1.29, 1.82) is 0 Å². The molecule has 0 bridgehead atoms. The fourth-order valence-electron chi connectivity index (χ4n) is 5.24. The minimum Gasteiger partial charge on any atom is -0.455 e. The summed E-state index contributed by atoms with van der Waals surface area (Å²) in [4.78, 5) is 35.3. The quantitative estimate of drug-likeness (QED) is 0.195. The second-order valence-corrected chi connectivity index (χ2v) is 10.3. The highest BCUT2D eigenvalue weighted by atomic mass is 19.1. The van der Waals surface area contributed by atoms with Gasteiger partial charge in [-0.3, -0.25) is 9.59 Å². The van der Waals surface area contributed by atoms with Gasteiger partial charge in [0.15, 0.2) is 11.6 Å². The summed E-state index contributed by atoms with van der Waals surface area (Å²) in [5.74, 6) is 0.831. The Morgan fingerprint density at radius 3 is 2.33 bits per heavy atom. The smallest absolute Gasteiger partial charge is 0.167 e. The van der Waals surface area contributed by atoms with E-state index in [1.54, 1.807) is 30.6 Å². The molecule has 0 spiro atoms. The maximum Gasteiger partial charge on any atom is 0.167 e. The van der Waals surface area contributed by atoms with Gasteiger partial charge in [0, 0.05) is 47.2 Å². The monoisotopic (exact) mass is 518 g/mol. The molecule has 1 aliphatic rings. The number of carbonyl (C=O) groups excluding carboxylic acids is 2. The highest BCUT2D eigenvalue weighted by Gasteiger charge is 2.48. The lowest BCUT2D eigenvalue weighted by molar-refractivity contribution is 0.0965. The number of ketones is 2. The van der Waals surface area contributed by atoms with Crippen LogP contribution in [0, 0.1) is 12.7 Å². The molecule has 3 aromatic carbocycles. The van der Waals surface area contributed by atoms with Crippen LogP contribution in [0.2, 0.25) is 0 Å². The average Bonchev–Trinajstić information content (AvgIpc) is 3.65. The Morgan fingerprint density at radius 2 is 1.64 bits per heavy atom. The van der Waals surface area contributed by atoms with Gasteiger partial charge < -0.3 is 4.42 Å². The largest absolute Gasteiger partial charge is 0.455 e. The third kappa shape index (κ3) is 4.56. The molecule has 0 amide bonds. The number of Topliss-reactive ketones (excluding diaryl/α,β-unsaturated/α-hetero) is 2. The number of benzene rings is 3. The predicted molar refractivity (Wildman–Crippen MR) is 148 cm³/mol. The first-order chi connectivity index (χ1) is 18.9. The highest BCUT2D eigenvalue weighted by molar-refractivity contribution is 6.12.